The number of benzene rings is 1. The summed E-state index contributed by atoms with van der Waals surface area (Å²) in [4.78, 5) is 76.7. The van der Waals surface area contributed by atoms with E-state index in [2.05, 4.69) is 4.90 Å². The van der Waals surface area contributed by atoms with Crippen molar-refractivity contribution in [2.45, 2.75) is 161 Å². The zero-order valence-electron chi connectivity index (χ0n) is 39.4. The second-order valence-corrected chi connectivity index (χ2v) is 19.4. The van der Waals surface area contributed by atoms with Crippen LogP contribution in [0.15, 0.2) is 24.3 Å². The summed E-state index contributed by atoms with van der Waals surface area (Å²) in [6.07, 6.45) is -6.45. The number of methoxy groups -OCH3 is 1. The summed E-state index contributed by atoms with van der Waals surface area (Å²) in [6.45, 7) is 18.7. The second kappa shape index (κ2) is 20.3. The van der Waals surface area contributed by atoms with Crippen LogP contribution in [0.5, 0.6) is 0 Å². The Hall–Kier alpha value is -3.54. The third kappa shape index (κ3) is 10.5. The zero-order valence-corrected chi connectivity index (χ0v) is 40.1. The predicted molar refractivity (Wildman–Crippen MR) is 234 cm³/mol. The summed E-state index contributed by atoms with van der Waals surface area (Å²) >= 11 is 6.15. The number of carbonyl (C=O) groups excluding carboxylic acids is 5. The van der Waals surface area contributed by atoms with Gasteiger partial charge in [-0.15, -0.1) is 0 Å². The Morgan fingerprint density at radius 3 is 2.25 bits per heavy atom. The number of imide groups is 1. The number of ether oxygens (including phenoxy) is 6. The van der Waals surface area contributed by atoms with Crippen molar-refractivity contribution in [1.29, 1.82) is 0 Å². The number of likely N-dealkylation sites (N-methyl/N-ethyl adjacent to an activating group) is 2. The molecule has 0 spiro atoms. The van der Waals surface area contributed by atoms with Gasteiger partial charge in [0.25, 0.3) is 0 Å². The predicted octanol–water partition coefficient (Wildman–Crippen LogP) is 6.17. The monoisotopic (exact) mass is 906 g/mol. The van der Waals surface area contributed by atoms with Crippen molar-refractivity contribution in [3.05, 3.63) is 34.9 Å². The van der Waals surface area contributed by atoms with Crippen molar-refractivity contribution < 1.29 is 57.5 Å². The fourth-order valence-corrected chi connectivity index (χ4v) is 10.4. The molecule has 0 radical (unpaired) electrons. The Morgan fingerprint density at radius 2 is 1.68 bits per heavy atom. The number of ketones is 1. The van der Waals surface area contributed by atoms with E-state index in [9.17, 15) is 29.1 Å². The van der Waals surface area contributed by atoms with E-state index >= 15 is 0 Å². The molecule has 0 aliphatic carbocycles. The highest BCUT2D eigenvalue weighted by Gasteiger charge is 2.60. The van der Waals surface area contributed by atoms with Gasteiger partial charge in [-0.3, -0.25) is 19.4 Å². The van der Waals surface area contributed by atoms with Crippen LogP contribution in [0.1, 0.15) is 94.1 Å². The number of hydrogen-bond donors (Lipinski definition) is 1. The summed E-state index contributed by atoms with van der Waals surface area (Å²) in [5.74, 6) is -4.58. The molecule has 63 heavy (non-hydrogen) atoms. The summed E-state index contributed by atoms with van der Waals surface area (Å²) in [6, 6.07) is 5.62. The lowest BCUT2D eigenvalue weighted by molar-refractivity contribution is -0.302. The number of halogens is 1. The van der Waals surface area contributed by atoms with E-state index < -0.39 is 95.8 Å². The van der Waals surface area contributed by atoms with E-state index in [1.807, 2.05) is 40.0 Å². The highest BCUT2D eigenvalue weighted by Crippen LogP contribution is 2.44. The summed E-state index contributed by atoms with van der Waals surface area (Å²) in [5.41, 5.74) is -1.92. The van der Waals surface area contributed by atoms with Crippen LogP contribution in [0.4, 0.5) is 14.4 Å². The molecular formula is C46H71ClN4O12. The van der Waals surface area contributed by atoms with Gasteiger partial charge in [-0.2, -0.15) is 0 Å². The molecule has 0 bridgehead atoms. The molecule has 4 heterocycles. The molecule has 4 fully saturated rings. The Morgan fingerprint density at radius 1 is 1.03 bits per heavy atom. The first-order chi connectivity index (χ1) is 29.5. The van der Waals surface area contributed by atoms with Crippen molar-refractivity contribution in [1.82, 2.24) is 19.6 Å². The average Bonchev–Trinajstić information content (AvgIpc) is 3.72. The number of fused-ring (bicyclic) bond motifs is 1. The molecule has 1 aromatic rings. The van der Waals surface area contributed by atoms with Crippen LogP contribution in [0.2, 0.25) is 5.02 Å². The molecule has 1 aromatic carbocycles. The number of amides is 4. The maximum absolute atomic E-state index is 15.0. The van der Waals surface area contributed by atoms with Crippen molar-refractivity contribution >= 4 is 41.6 Å². The zero-order chi connectivity index (χ0) is 46.9. The number of aliphatic hydroxyl groups excluding tert-OH is 1. The standard InChI is InChI=1S/C46H71ClN4O12/c1-14-34-46(10)38(50(44(57)63-46)20-19-31-15-17-32(47)18-16-31)28(6)35(52)26(4)24-45(9,58-13)39(62-41-36(53)33(23-27(5)59-41)49(12)25(2)3)29(7)37(30(8)40(54)60-34)61-43(56)51-22-21-48(11)42(51)55/h15-18,25-30,33-34,36-39,41,53H,14,19-24H2,1-13H3/t26-,27-,28+,29+,30-,33+,34-,36-,37+,38-,39-,41?,45+,46-/m1/s1. The van der Waals surface area contributed by atoms with Gasteiger partial charge in [-0.25, -0.2) is 19.3 Å². The lowest BCUT2D eigenvalue weighted by Crippen LogP contribution is -2.61. The van der Waals surface area contributed by atoms with Crippen LogP contribution in [0.25, 0.3) is 0 Å². The molecule has 1 N–H and O–H groups in total. The van der Waals surface area contributed by atoms with Gasteiger partial charge < -0.3 is 38.4 Å². The molecule has 4 aliphatic heterocycles. The van der Waals surface area contributed by atoms with Crippen LogP contribution in [-0.4, -0.2) is 162 Å². The Balaban J connectivity index is 1.62. The third-order valence-electron chi connectivity index (χ3n) is 14.2. The van der Waals surface area contributed by atoms with Crippen LogP contribution < -0.4 is 0 Å². The fraction of sp³-hybridized carbons (Fsp3) is 0.761. The smallest absolute Gasteiger partial charge is 0.418 e. The van der Waals surface area contributed by atoms with E-state index in [1.165, 1.54) is 12.0 Å². The van der Waals surface area contributed by atoms with Crippen molar-refractivity contribution in [2.75, 3.05) is 40.8 Å². The van der Waals surface area contributed by atoms with Gasteiger partial charge >= 0.3 is 24.2 Å². The van der Waals surface area contributed by atoms with E-state index in [1.54, 1.807) is 72.5 Å². The largest absolute Gasteiger partial charge is 0.458 e. The van der Waals surface area contributed by atoms with E-state index in [4.69, 9.17) is 40.0 Å². The van der Waals surface area contributed by atoms with Gasteiger partial charge in [0.15, 0.2) is 11.9 Å². The topological polar surface area (TPSA) is 174 Å². The molecule has 0 saturated carbocycles. The minimum absolute atomic E-state index is 0.0733. The van der Waals surface area contributed by atoms with Gasteiger partial charge in [0.05, 0.1) is 36.3 Å². The quantitative estimate of drug-likeness (QED) is 0.209. The number of Topliss-reactive ketones (excluding diaryl/α,β-unsaturated/α-hetero) is 1. The van der Waals surface area contributed by atoms with Gasteiger partial charge in [0, 0.05) is 62.1 Å². The Kier molecular flexibility index (Phi) is 16.3. The molecule has 4 saturated heterocycles. The molecule has 354 valence electrons. The average molecular weight is 908 g/mol. The highest BCUT2D eigenvalue weighted by molar-refractivity contribution is 6.30. The van der Waals surface area contributed by atoms with Crippen molar-refractivity contribution in [3.63, 3.8) is 0 Å². The Labute approximate surface area is 378 Å². The van der Waals surface area contributed by atoms with Crippen LogP contribution in [0, 0.1) is 23.7 Å². The van der Waals surface area contributed by atoms with Crippen molar-refractivity contribution in [3.8, 4) is 0 Å². The second-order valence-electron chi connectivity index (χ2n) is 19.0. The molecule has 16 nitrogen and oxygen atoms in total. The van der Waals surface area contributed by atoms with E-state index in [0.717, 1.165) is 10.5 Å². The van der Waals surface area contributed by atoms with Crippen molar-refractivity contribution in [2.24, 2.45) is 23.7 Å². The number of esters is 1. The number of hydrogen-bond acceptors (Lipinski definition) is 13. The lowest BCUT2D eigenvalue weighted by Gasteiger charge is -2.49. The molecule has 5 rings (SSSR count). The highest BCUT2D eigenvalue weighted by atomic mass is 35.5. The number of carbonyl (C=O) groups is 5. The summed E-state index contributed by atoms with van der Waals surface area (Å²) < 4.78 is 38.4. The molecule has 4 aliphatic rings. The number of cyclic esters (lactones) is 1. The van der Waals surface area contributed by atoms with Gasteiger partial charge in [-0.05, 0) is 92.0 Å². The van der Waals surface area contributed by atoms with Gasteiger partial charge in [0.1, 0.15) is 24.1 Å². The van der Waals surface area contributed by atoms with Crippen LogP contribution in [-0.2, 0) is 44.4 Å². The van der Waals surface area contributed by atoms with Crippen LogP contribution >= 0.6 is 11.6 Å². The van der Waals surface area contributed by atoms with E-state index in [-0.39, 0.29) is 56.4 Å². The summed E-state index contributed by atoms with van der Waals surface area (Å²) in [5, 5.41) is 12.5. The summed E-state index contributed by atoms with van der Waals surface area (Å²) in [7, 11) is 5.00. The minimum Gasteiger partial charge on any atom is -0.458 e. The number of aliphatic hydroxyl groups is 1. The molecule has 14 atom stereocenters. The number of urea groups is 1. The fourth-order valence-electron chi connectivity index (χ4n) is 10.2. The normalized spacial score (nSPS) is 37.3. The van der Waals surface area contributed by atoms with E-state index in [0.29, 0.717) is 17.9 Å². The third-order valence-corrected chi connectivity index (χ3v) is 14.5. The number of nitrogens with zero attached hydrogens (tertiary/aromatic N) is 4. The Bertz CT molecular complexity index is 1800. The maximum Gasteiger partial charge on any atom is 0.418 e. The van der Waals surface area contributed by atoms with Crippen LogP contribution in [0.3, 0.4) is 0 Å². The lowest BCUT2D eigenvalue weighted by atomic mass is 9.73. The van der Waals surface area contributed by atoms with Gasteiger partial charge in [-0.1, -0.05) is 51.4 Å². The molecule has 1 unspecified atom stereocenters. The molecule has 4 amide bonds. The first-order valence-corrected chi connectivity index (χ1v) is 22.8. The first-order valence-electron chi connectivity index (χ1n) is 22.5. The first kappa shape index (κ1) is 50.5. The maximum atomic E-state index is 15.0. The molecule has 0 aromatic heterocycles. The SMILES string of the molecule is CC[C@H]1OC(=O)[C@H](C)[C@@H](OC(=O)N2CCN(C)C2=O)[C@H](C)[C@@H](OC2O[C@H](C)C[C@H](N(C)C(C)C)[C@H]2O)[C@@](C)(OC)C[C@@H](C)C(=O)[C@H](C)[C@H]2N(CCc3ccc(Cl)cc3)C(=O)O[C@]12C. The van der Waals surface area contributed by atoms with Gasteiger partial charge in [0.2, 0.25) is 0 Å². The molecular weight excluding hydrogens is 836 g/mol. The molecule has 17 heteroatoms. The number of rotatable bonds is 10. The minimum atomic E-state index is -1.48.